The summed E-state index contributed by atoms with van der Waals surface area (Å²) in [6, 6.07) is 4.38. The predicted molar refractivity (Wildman–Crippen MR) is 44.9 cm³/mol. The van der Waals surface area contributed by atoms with Gasteiger partial charge in [-0.3, -0.25) is 0 Å². The van der Waals surface area contributed by atoms with Crippen molar-refractivity contribution < 1.29 is 9.50 Å². The molecule has 12 heavy (non-hydrogen) atoms. The molecule has 0 heterocycles. The predicted octanol–water partition coefficient (Wildman–Crippen LogP) is 1.34. The molecular weight excluding hydrogens is 157 g/mol. The molecule has 1 rings (SSSR count). The normalized spacial score (nSPS) is 13.0. The second kappa shape index (κ2) is 3.65. The van der Waals surface area contributed by atoms with Crippen LogP contribution in [0.4, 0.5) is 4.39 Å². The van der Waals surface area contributed by atoms with Gasteiger partial charge in [0.1, 0.15) is 5.82 Å². The van der Waals surface area contributed by atoms with Crippen molar-refractivity contribution in [3.63, 3.8) is 0 Å². The summed E-state index contributed by atoms with van der Waals surface area (Å²) in [6.45, 7) is 1.46. The van der Waals surface area contributed by atoms with Gasteiger partial charge in [-0.1, -0.05) is 12.1 Å². The van der Waals surface area contributed by atoms with Gasteiger partial charge in [0.15, 0.2) is 0 Å². The van der Waals surface area contributed by atoms with E-state index < -0.39 is 5.82 Å². The molecule has 0 aliphatic heterocycles. The van der Waals surface area contributed by atoms with Gasteiger partial charge in [0.25, 0.3) is 0 Å². The first-order valence-electron chi connectivity index (χ1n) is 3.80. The van der Waals surface area contributed by atoms with Crippen molar-refractivity contribution in [1.82, 2.24) is 0 Å². The number of benzene rings is 1. The Morgan fingerprint density at radius 2 is 2.25 bits per heavy atom. The maximum Gasteiger partial charge on any atom is 0.129 e. The van der Waals surface area contributed by atoms with Gasteiger partial charge < -0.3 is 10.8 Å². The number of hydrogen-bond donors (Lipinski definition) is 2. The minimum absolute atomic E-state index is 0.247. The van der Waals surface area contributed by atoms with Crippen LogP contribution in [0.3, 0.4) is 0 Å². The third kappa shape index (κ3) is 1.62. The van der Waals surface area contributed by atoms with Crippen LogP contribution >= 0.6 is 0 Å². The van der Waals surface area contributed by atoms with Crippen LogP contribution in [-0.4, -0.2) is 5.11 Å². The zero-order chi connectivity index (χ0) is 9.14. The van der Waals surface area contributed by atoms with Crippen molar-refractivity contribution in [2.45, 2.75) is 19.6 Å². The van der Waals surface area contributed by atoms with Crippen LogP contribution in [0.25, 0.3) is 0 Å². The molecule has 0 saturated heterocycles. The van der Waals surface area contributed by atoms with E-state index in [0.717, 1.165) is 0 Å². The lowest BCUT2D eigenvalue weighted by Gasteiger charge is -2.10. The first-order valence-corrected chi connectivity index (χ1v) is 3.80. The summed E-state index contributed by atoms with van der Waals surface area (Å²) in [4.78, 5) is 0. The Bertz CT molecular complexity index is 273. The van der Waals surface area contributed by atoms with E-state index in [1.165, 1.54) is 6.07 Å². The van der Waals surface area contributed by atoms with E-state index in [2.05, 4.69) is 0 Å². The molecule has 0 amide bonds. The zero-order valence-corrected chi connectivity index (χ0v) is 6.92. The van der Waals surface area contributed by atoms with E-state index in [9.17, 15) is 4.39 Å². The van der Waals surface area contributed by atoms with Gasteiger partial charge in [0, 0.05) is 11.6 Å². The Hall–Kier alpha value is -0.930. The molecule has 0 bridgehead atoms. The minimum atomic E-state index is -0.396. The van der Waals surface area contributed by atoms with Crippen LogP contribution in [0.2, 0.25) is 0 Å². The first-order chi connectivity index (χ1) is 5.66. The van der Waals surface area contributed by atoms with Crippen LogP contribution in [0.15, 0.2) is 18.2 Å². The Morgan fingerprint density at radius 1 is 1.58 bits per heavy atom. The molecule has 0 unspecified atom stereocenters. The molecular formula is C9H12FNO. The second-order valence-electron chi connectivity index (χ2n) is 2.75. The summed E-state index contributed by atoms with van der Waals surface area (Å²) >= 11 is 0. The van der Waals surface area contributed by atoms with Crippen molar-refractivity contribution in [3.8, 4) is 0 Å². The number of aliphatic hydroxyl groups is 1. The average Bonchev–Trinajstić information content (AvgIpc) is 2.03. The Kier molecular flexibility index (Phi) is 2.78. The van der Waals surface area contributed by atoms with Crippen LogP contribution in [0.1, 0.15) is 24.1 Å². The Morgan fingerprint density at radius 3 is 2.67 bits per heavy atom. The van der Waals surface area contributed by atoms with Crippen molar-refractivity contribution in [2.24, 2.45) is 5.73 Å². The van der Waals surface area contributed by atoms with Crippen molar-refractivity contribution in [3.05, 3.63) is 35.1 Å². The van der Waals surface area contributed by atoms with E-state index in [1.54, 1.807) is 19.1 Å². The number of hydrogen-bond acceptors (Lipinski definition) is 2. The van der Waals surface area contributed by atoms with Crippen LogP contribution in [0.5, 0.6) is 0 Å². The van der Waals surface area contributed by atoms with E-state index in [4.69, 9.17) is 10.8 Å². The molecule has 0 aliphatic rings. The standard InChI is InChI=1S/C9H12FNO/c1-6(11)7-3-2-4-9(10)8(7)5-12/h2-4,6,12H,5,11H2,1H3/t6-/m1/s1. The van der Waals surface area contributed by atoms with Crippen molar-refractivity contribution in [1.29, 1.82) is 0 Å². The molecule has 2 nitrogen and oxygen atoms in total. The van der Waals surface area contributed by atoms with Gasteiger partial charge in [-0.2, -0.15) is 0 Å². The van der Waals surface area contributed by atoms with Crippen molar-refractivity contribution in [2.75, 3.05) is 0 Å². The SMILES string of the molecule is C[C@@H](N)c1cccc(F)c1CO. The third-order valence-electron chi connectivity index (χ3n) is 1.80. The molecule has 0 saturated carbocycles. The summed E-state index contributed by atoms with van der Waals surface area (Å²) in [7, 11) is 0. The summed E-state index contributed by atoms with van der Waals surface area (Å²) in [5.74, 6) is -0.396. The fourth-order valence-corrected chi connectivity index (χ4v) is 1.17. The highest BCUT2D eigenvalue weighted by atomic mass is 19.1. The fraction of sp³-hybridized carbons (Fsp3) is 0.333. The molecule has 66 valence electrons. The van der Waals surface area contributed by atoms with Crippen molar-refractivity contribution >= 4 is 0 Å². The Balaban J connectivity index is 3.18. The number of rotatable bonds is 2. The Labute approximate surface area is 70.8 Å². The lowest BCUT2D eigenvalue weighted by molar-refractivity contribution is 0.273. The van der Waals surface area contributed by atoms with E-state index in [0.29, 0.717) is 11.1 Å². The van der Waals surface area contributed by atoms with E-state index in [1.807, 2.05) is 0 Å². The minimum Gasteiger partial charge on any atom is -0.392 e. The summed E-state index contributed by atoms with van der Waals surface area (Å²) in [5.41, 5.74) is 6.54. The molecule has 0 spiro atoms. The highest BCUT2D eigenvalue weighted by Gasteiger charge is 2.09. The van der Waals surface area contributed by atoms with Gasteiger partial charge in [-0.05, 0) is 18.6 Å². The largest absolute Gasteiger partial charge is 0.392 e. The van der Waals surface area contributed by atoms with Crippen LogP contribution in [-0.2, 0) is 6.61 Å². The lowest BCUT2D eigenvalue weighted by Crippen LogP contribution is -2.09. The number of halogens is 1. The monoisotopic (exact) mass is 169 g/mol. The topological polar surface area (TPSA) is 46.2 Å². The zero-order valence-electron chi connectivity index (χ0n) is 6.92. The first kappa shape index (κ1) is 9.16. The molecule has 1 atom stereocenters. The molecule has 0 radical (unpaired) electrons. The van der Waals surface area contributed by atoms with Crippen LogP contribution in [0, 0.1) is 5.82 Å². The van der Waals surface area contributed by atoms with Gasteiger partial charge in [-0.15, -0.1) is 0 Å². The quantitative estimate of drug-likeness (QED) is 0.701. The number of aliphatic hydroxyl groups excluding tert-OH is 1. The van der Waals surface area contributed by atoms with E-state index >= 15 is 0 Å². The van der Waals surface area contributed by atoms with Crippen LogP contribution < -0.4 is 5.73 Å². The summed E-state index contributed by atoms with van der Waals surface area (Å²) < 4.78 is 13.0. The third-order valence-corrected chi connectivity index (χ3v) is 1.80. The van der Waals surface area contributed by atoms with Gasteiger partial charge in [0.05, 0.1) is 6.61 Å². The molecule has 3 heteroatoms. The molecule has 0 fully saturated rings. The maximum atomic E-state index is 13.0. The molecule has 0 aromatic heterocycles. The van der Waals surface area contributed by atoms with Gasteiger partial charge in [0.2, 0.25) is 0 Å². The molecule has 3 N–H and O–H groups in total. The molecule has 1 aromatic rings. The number of nitrogens with two attached hydrogens (primary N) is 1. The summed E-state index contributed by atoms with van der Waals surface area (Å²) in [6.07, 6.45) is 0. The molecule has 1 aromatic carbocycles. The summed E-state index contributed by atoms with van der Waals surface area (Å²) in [5, 5.41) is 8.85. The maximum absolute atomic E-state index is 13.0. The lowest BCUT2D eigenvalue weighted by atomic mass is 10.0. The van der Waals surface area contributed by atoms with Gasteiger partial charge in [-0.25, -0.2) is 4.39 Å². The fourth-order valence-electron chi connectivity index (χ4n) is 1.17. The van der Waals surface area contributed by atoms with E-state index in [-0.39, 0.29) is 12.6 Å². The second-order valence-corrected chi connectivity index (χ2v) is 2.75. The highest BCUT2D eigenvalue weighted by Crippen LogP contribution is 2.18. The average molecular weight is 169 g/mol. The molecule has 0 aliphatic carbocycles. The highest BCUT2D eigenvalue weighted by molar-refractivity contribution is 5.30. The van der Waals surface area contributed by atoms with Gasteiger partial charge >= 0.3 is 0 Å². The smallest absolute Gasteiger partial charge is 0.129 e.